The van der Waals surface area contributed by atoms with Gasteiger partial charge in [-0.2, -0.15) is 0 Å². The molecule has 0 saturated heterocycles. The Bertz CT molecular complexity index is 1160. The number of esters is 1. The van der Waals surface area contributed by atoms with Crippen LogP contribution in [0.25, 0.3) is 11.0 Å². The predicted octanol–water partition coefficient (Wildman–Crippen LogP) is 6.45. The smallest absolute Gasteiger partial charge is 0.336 e. The normalized spacial score (nSPS) is 11.0. The van der Waals surface area contributed by atoms with E-state index in [-0.39, 0.29) is 11.6 Å². The molecule has 2 aromatic carbocycles. The summed E-state index contributed by atoms with van der Waals surface area (Å²) in [6.45, 7) is 6.02. The van der Waals surface area contributed by atoms with Crippen molar-refractivity contribution in [3.8, 4) is 11.5 Å². The summed E-state index contributed by atoms with van der Waals surface area (Å²) in [6, 6.07) is 10.7. The molecular formula is C25H27ClO5S. The highest BCUT2D eigenvalue weighted by molar-refractivity contribution is 7.99. The molecule has 0 N–H and O–H groups in total. The van der Waals surface area contributed by atoms with Gasteiger partial charge in [-0.3, -0.25) is 4.79 Å². The molecule has 1 heterocycles. The molecule has 5 nitrogen and oxygen atoms in total. The lowest BCUT2D eigenvalue weighted by Crippen LogP contribution is -2.05. The lowest BCUT2D eigenvalue weighted by molar-refractivity contribution is -0.131. The van der Waals surface area contributed by atoms with Gasteiger partial charge in [-0.1, -0.05) is 31.9 Å². The molecule has 0 amide bonds. The minimum absolute atomic E-state index is 0.322. The average molecular weight is 475 g/mol. The molecular weight excluding hydrogens is 448 g/mol. The quantitative estimate of drug-likeness (QED) is 0.111. The fourth-order valence-corrected chi connectivity index (χ4v) is 4.67. The molecule has 32 heavy (non-hydrogen) atoms. The average Bonchev–Trinajstić information content (AvgIpc) is 2.75. The molecule has 0 bridgehead atoms. The molecule has 0 saturated carbocycles. The van der Waals surface area contributed by atoms with Crippen LogP contribution in [0.1, 0.15) is 44.7 Å². The summed E-state index contributed by atoms with van der Waals surface area (Å²) < 4.78 is 16.7. The van der Waals surface area contributed by atoms with Crippen molar-refractivity contribution in [3.05, 3.63) is 63.0 Å². The number of fused-ring (bicyclic) bond motifs is 1. The monoisotopic (exact) mass is 474 g/mol. The number of hydrogen-bond acceptors (Lipinski definition) is 6. The number of halogens is 1. The third-order valence-electron chi connectivity index (χ3n) is 4.91. The number of carbonyl (C=O) groups excluding carboxylic acids is 1. The zero-order chi connectivity index (χ0) is 23.1. The van der Waals surface area contributed by atoms with Gasteiger partial charge in [-0.05, 0) is 49.1 Å². The molecule has 3 rings (SSSR count). The first-order valence-corrected chi connectivity index (χ1v) is 12.1. The Morgan fingerprint density at radius 3 is 2.66 bits per heavy atom. The van der Waals surface area contributed by atoms with Gasteiger partial charge in [-0.15, -0.1) is 11.8 Å². The van der Waals surface area contributed by atoms with Crippen LogP contribution in [-0.4, -0.2) is 18.3 Å². The SMILES string of the molecule is CCCc1c(OCCCSc2ccc(OC(C)=O)cc2Cl)ccc2c(CC)cc(=O)oc12. The first-order valence-electron chi connectivity index (χ1n) is 10.7. The molecule has 0 fully saturated rings. The van der Waals surface area contributed by atoms with E-state index in [1.165, 1.54) is 6.92 Å². The molecule has 1 aromatic heterocycles. The summed E-state index contributed by atoms with van der Waals surface area (Å²) >= 11 is 7.91. The van der Waals surface area contributed by atoms with Crippen molar-refractivity contribution in [1.82, 2.24) is 0 Å². The van der Waals surface area contributed by atoms with Crippen LogP contribution in [-0.2, 0) is 17.6 Å². The number of thioether (sulfide) groups is 1. The first-order chi connectivity index (χ1) is 15.4. The number of carbonyl (C=O) groups is 1. The largest absolute Gasteiger partial charge is 0.493 e. The lowest BCUT2D eigenvalue weighted by atomic mass is 10.0. The summed E-state index contributed by atoms with van der Waals surface area (Å²) in [5, 5.41) is 1.53. The van der Waals surface area contributed by atoms with Gasteiger partial charge in [0.15, 0.2) is 0 Å². The Hall–Kier alpha value is -2.44. The molecule has 7 heteroatoms. The lowest BCUT2D eigenvalue weighted by Gasteiger charge is -2.14. The van der Waals surface area contributed by atoms with E-state index in [0.29, 0.717) is 23.0 Å². The van der Waals surface area contributed by atoms with Crippen molar-refractivity contribution >= 4 is 40.3 Å². The van der Waals surface area contributed by atoms with E-state index in [1.54, 1.807) is 30.0 Å². The van der Waals surface area contributed by atoms with Crippen LogP contribution in [0.15, 0.2) is 50.5 Å². The highest BCUT2D eigenvalue weighted by Crippen LogP contribution is 2.32. The van der Waals surface area contributed by atoms with Gasteiger partial charge in [0.25, 0.3) is 0 Å². The van der Waals surface area contributed by atoms with Crippen LogP contribution in [0.5, 0.6) is 11.5 Å². The van der Waals surface area contributed by atoms with E-state index < -0.39 is 0 Å². The molecule has 0 spiro atoms. The minimum Gasteiger partial charge on any atom is -0.493 e. The van der Waals surface area contributed by atoms with Gasteiger partial charge in [0.2, 0.25) is 0 Å². The highest BCUT2D eigenvalue weighted by atomic mass is 35.5. The van der Waals surface area contributed by atoms with Crippen molar-refractivity contribution in [2.24, 2.45) is 0 Å². The van der Waals surface area contributed by atoms with E-state index in [4.69, 9.17) is 25.5 Å². The molecule has 0 aliphatic carbocycles. The van der Waals surface area contributed by atoms with E-state index in [0.717, 1.165) is 58.6 Å². The van der Waals surface area contributed by atoms with E-state index in [1.807, 2.05) is 25.1 Å². The Morgan fingerprint density at radius 2 is 1.97 bits per heavy atom. The molecule has 170 valence electrons. The number of benzene rings is 2. The van der Waals surface area contributed by atoms with Crippen molar-refractivity contribution in [3.63, 3.8) is 0 Å². The third-order valence-corrected chi connectivity index (χ3v) is 6.49. The van der Waals surface area contributed by atoms with Gasteiger partial charge >= 0.3 is 11.6 Å². The van der Waals surface area contributed by atoms with Gasteiger partial charge in [0.05, 0.1) is 11.6 Å². The second-order valence-corrected chi connectivity index (χ2v) is 8.89. The molecule has 0 aliphatic rings. The fourth-order valence-electron chi connectivity index (χ4n) is 3.49. The second-order valence-electron chi connectivity index (χ2n) is 7.35. The van der Waals surface area contributed by atoms with E-state index in [2.05, 4.69) is 6.92 Å². The van der Waals surface area contributed by atoms with Crippen LogP contribution in [0.4, 0.5) is 0 Å². The number of hydrogen-bond donors (Lipinski definition) is 0. The molecule has 0 atom stereocenters. The second kappa shape index (κ2) is 11.4. The topological polar surface area (TPSA) is 65.7 Å². The number of aryl methyl sites for hydroxylation is 2. The number of ether oxygens (including phenoxy) is 2. The minimum atomic E-state index is -0.375. The van der Waals surface area contributed by atoms with Gasteiger partial charge in [0.1, 0.15) is 17.1 Å². The number of rotatable bonds is 10. The summed E-state index contributed by atoms with van der Waals surface area (Å²) in [4.78, 5) is 24.0. The Labute approximate surface area is 197 Å². The Kier molecular flexibility index (Phi) is 8.65. The van der Waals surface area contributed by atoms with Crippen LogP contribution in [0.3, 0.4) is 0 Å². The summed E-state index contributed by atoms with van der Waals surface area (Å²) in [5.74, 6) is 1.65. The van der Waals surface area contributed by atoms with E-state index in [9.17, 15) is 9.59 Å². The zero-order valence-corrected chi connectivity index (χ0v) is 20.1. The molecule has 3 aromatic rings. The van der Waals surface area contributed by atoms with Gasteiger partial charge in [0, 0.05) is 40.7 Å². The summed E-state index contributed by atoms with van der Waals surface area (Å²) in [6.07, 6.45) is 3.29. The van der Waals surface area contributed by atoms with E-state index >= 15 is 0 Å². The van der Waals surface area contributed by atoms with Crippen molar-refractivity contribution in [2.45, 2.75) is 51.3 Å². The molecule has 0 unspecified atom stereocenters. The Balaban J connectivity index is 1.63. The third kappa shape index (κ3) is 6.08. The molecule has 0 aliphatic heterocycles. The summed E-state index contributed by atoms with van der Waals surface area (Å²) in [5.41, 5.74) is 2.27. The maximum absolute atomic E-state index is 12.0. The van der Waals surface area contributed by atoms with Crippen molar-refractivity contribution < 1.29 is 18.7 Å². The van der Waals surface area contributed by atoms with Crippen LogP contribution in [0, 0.1) is 0 Å². The predicted molar refractivity (Wildman–Crippen MR) is 129 cm³/mol. The fraction of sp³-hybridized carbons (Fsp3) is 0.360. The van der Waals surface area contributed by atoms with Crippen LogP contribution < -0.4 is 15.1 Å². The molecule has 0 radical (unpaired) electrons. The Morgan fingerprint density at radius 1 is 1.16 bits per heavy atom. The standard InChI is InChI=1S/C25H27ClO5S/c1-4-7-20-22(10-9-19-17(5-2)14-24(28)31-25(19)20)29-12-6-13-32-23-11-8-18(15-21(23)26)30-16(3)27/h8-11,14-15H,4-7,12-13H2,1-3H3. The highest BCUT2D eigenvalue weighted by Gasteiger charge is 2.14. The maximum Gasteiger partial charge on any atom is 0.336 e. The maximum atomic E-state index is 12.0. The van der Waals surface area contributed by atoms with Gasteiger partial charge in [-0.25, -0.2) is 4.79 Å². The summed E-state index contributed by atoms with van der Waals surface area (Å²) in [7, 11) is 0. The van der Waals surface area contributed by atoms with Crippen molar-refractivity contribution in [1.29, 1.82) is 0 Å². The van der Waals surface area contributed by atoms with Crippen molar-refractivity contribution in [2.75, 3.05) is 12.4 Å². The van der Waals surface area contributed by atoms with Crippen LogP contribution >= 0.6 is 23.4 Å². The first kappa shape index (κ1) is 24.2. The van der Waals surface area contributed by atoms with Gasteiger partial charge < -0.3 is 13.9 Å². The van der Waals surface area contributed by atoms with Crippen LogP contribution in [0.2, 0.25) is 5.02 Å². The zero-order valence-electron chi connectivity index (χ0n) is 18.5.